The standard InChI is InChI=1S/C16H16BrNO5/c1-2-13-12(16(20)21)9-14(23-13)15(19)18-6-7-22-11-5-3-4-10(17)8-11/h3-5,8-9H,2,6-7H2,1H3,(H,18,19)(H,20,21). The molecule has 0 aliphatic rings. The zero-order chi connectivity index (χ0) is 16.8. The van der Waals surface area contributed by atoms with Gasteiger partial charge in [-0.25, -0.2) is 4.79 Å². The molecule has 0 atom stereocenters. The highest BCUT2D eigenvalue weighted by atomic mass is 79.9. The van der Waals surface area contributed by atoms with Crippen LogP contribution in [0.1, 0.15) is 33.6 Å². The van der Waals surface area contributed by atoms with E-state index in [0.29, 0.717) is 12.2 Å². The molecule has 0 bridgehead atoms. The number of carbonyl (C=O) groups excluding carboxylic acids is 1. The minimum absolute atomic E-state index is 0.0123. The zero-order valence-corrected chi connectivity index (χ0v) is 14.1. The smallest absolute Gasteiger partial charge is 0.339 e. The summed E-state index contributed by atoms with van der Waals surface area (Å²) < 4.78 is 11.7. The second-order valence-corrected chi connectivity index (χ2v) is 5.58. The van der Waals surface area contributed by atoms with Gasteiger partial charge in [-0.2, -0.15) is 0 Å². The van der Waals surface area contributed by atoms with Crippen LogP contribution in [0.2, 0.25) is 0 Å². The molecular formula is C16H16BrNO5. The number of rotatable bonds is 7. The van der Waals surface area contributed by atoms with E-state index in [9.17, 15) is 9.59 Å². The molecule has 1 amide bonds. The monoisotopic (exact) mass is 381 g/mol. The highest BCUT2D eigenvalue weighted by molar-refractivity contribution is 9.10. The largest absolute Gasteiger partial charge is 0.492 e. The Bertz CT molecular complexity index is 710. The third-order valence-corrected chi connectivity index (χ3v) is 3.53. The number of benzene rings is 1. The number of carbonyl (C=O) groups is 2. The van der Waals surface area contributed by atoms with Crippen molar-refractivity contribution in [3.63, 3.8) is 0 Å². The topological polar surface area (TPSA) is 88.8 Å². The van der Waals surface area contributed by atoms with Crippen molar-refractivity contribution in [3.05, 3.63) is 51.9 Å². The number of carboxylic acid groups (broad SMARTS) is 1. The van der Waals surface area contributed by atoms with E-state index in [2.05, 4.69) is 21.2 Å². The molecule has 1 aromatic carbocycles. The molecule has 122 valence electrons. The highest BCUT2D eigenvalue weighted by Gasteiger charge is 2.19. The van der Waals surface area contributed by atoms with E-state index in [1.807, 2.05) is 24.3 Å². The van der Waals surface area contributed by atoms with Crippen LogP contribution in [-0.4, -0.2) is 30.1 Å². The molecule has 0 unspecified atom stereocenters. The zero-order valence-electron chi connectivity index (χ0n) is 12.5. The fraction of sp³-hybridized carbons (Fsp3) is 0.250. The number of halogens is 1. The molecule has 0 spiro atoms. The number of hydrogen-bond donors (Lipinski definition) is 2. The summed E-state index contributed by atoms with van der Waals surface area (Å²) in [6, 6.07) is 8.61. The van der Waals surface area contributed by atoms with Gasteiger partial charge in [0.05, 0.1) is 6.54 Å². The van der Waals surface area contributed by atoms with Gasteiger partial charge < -0.3 is 19.6 Å². The summed E-state index contributed by atoms with van der Waals surface area (Å²) in [7, 11) is 0. The van der Waals surface area contributed by atoms with Crippen molar-refractivity contribution in [3.8, 4) is 5.75 Å². The Hall–Kier alpha value is -2.28. The van der Waals surface area contributed by atoms with Crippen LogP contribution in [0.25, 0.3) is 0 Å². The van der Waals surface area contributed by atoms with Gasteiger partial charge in [0.25, 0.3) is 5.91 Å². The summed E-state index contributed by atoms with van der Waals surface area (Å²) in [4.78, 5) is 23.0. The molecule has 23 heavy (non-hydrogen) atoms. The van der Waals surface area contributed by atoms with Crippen molar-refractivity contribution >= 4 is 27.8 Å². The Morgan fingerprint density at radius 3 is 2.74 bits per heavy atom. The van der Waals surface area contributed by atoms with E-state index in [-0.39, 0.29) is 30.2 Å². The first-order chi connectivity index (χ1) is 11.0. The van der Waals surface area contributed by atoms with Crippen LogP contribution in [0, 0.1) is 0 Å². The van der Waals surface area contributed by atoms with Gasteiger partial charge in [-0.05, 0) is 18.2 Å². The van der Waals surface area contributed by atoms with Gasteiger partial charge in [0.15, 0.2) is 5.76 Å². The maximum absolute atomic E-state index is 12.0. The second-order valence-electron chi connectivity index (χ2n) is 4.67. The number of furan rings is 1. The lowest BCUT2D eigenvalue weighted by Crippen LogP contribution is -2.27. The minimum Gasteiger partial charge on any atom is -0.492 e. The van der Waals surface area contributed by atoms with Crippen LogP contribution >= 0.6 is 15.9 Å². The van der Waals surface area contributed by atoms with Gasteiger partial charge in [-0.3, -0.25) is 4.79 Å². The van der Waals surface area contributed by atoms with Crippen molar-refractivity contribution in [1.82, 2.24) is 5.32 Å². The van der Waals surface area contributed by atoms with Gasteiger partial charge in [-0.1, -0.05) is 28.9 Å². The lowest BCUT2D eigenvalue weighted by Gasteiger charge is -2.07. The first-order valence-corrected chi connectivity index (χ1v) is 7.83. The molecule has 1 heterocycles. The first kappa shape index (κ1) is 17.1. The number of ether oxygens (including phenoxy) is 1. The lowest BCUT2D eigenvalue weighted by molar-refractivity contribution is 0.0694. The Labute approximate surface area is 141 Å². The molecule has 6 nitrogen and oxygen atoms in total. The fourth-order valence-electron chi connectivity index (χ4n) is 1.96. The van der Waals surface area contributed by atoms with Crippen LogP contribution in [0.4, 0.5) is 0 Å². The van der Waals surface area contributed by atoms with Crippen molar-refractivity contribution in [1.29, 1.82) is 0 Å². The van der Waals surface area contributed by atoms with Crippen LogP contribution in [0.15, 0.2) is 39.2 Å². The van der Waals surface area contributed by atoms with Crippen LogP contribution in [0.5, 0.6) is 5.75 Å². The van der Waals surface area contributed by atoms with E-state index in [0.717, 1.165) is 4.47 Å². The van der Waals surface area contributed by atoms with Crippen LogP contribution < -0.4 is 10.1 Å². The molecule has 0 aliphatic carbocycles. The average molecular weight is 382 g/mol. The molecule has 2 aromatic rings. The van der Waals surface area contributed by atoms with E-state index in [1.54, 1.807) is 6.92 Å². The number of aromatic carboxylic acids is 1. The number of amides is 1. The predicted octanol–water partition coefficient (Wildman–Crippen LogP) is 3.11. The van der Waals surface area contributed by atoms with Gasteiger partial charge in [0, 0.05) is 17.0 Å². The van der Waals surface area contributed by atoms with Crippen LogP contribution in [-0.2, 0) is 6.42 Å². The molecule has 0 aliphatic heterocycles. The SMILES string of the molecule is CCc1oc(C(=O)NCCOc2cccc(Br)c2)cc1C(=O)O. The second kappa shape index (κ2) is 7.82. The van der Waals surface area contributed by atoms with E-state index in [4.69, 9.17) is 14.3 Å². The first-order valence-electron chi connectivity index (χ1n) is 7.03. The number of hydrogen-bond acceptors (Lipinski definition) is 4. The number of nitrogens with one attached hydrogen (secondary N) is 1. The summed E-state index contributed by atoms with van der Waals surface area (Å²) >= 11 is 3.34. The molecule has 0 saturated heterocycles. The number of aryl methyl sites for hydroxylation is 1. The van der Waals surface area contributed by atoms with Gasteiger partial charge in [0.1, 0.15) is 23.7 Å². The summed E-state index contributed by atoms with van der Waals surface area (Å²) in [6.45, 7) is 2.32. The summed E-state index contributed by atoms with van der Waals surface area (Å²) in [5.41, 5.74) is 0.0167. The van der Waals surface area contributed by atoms with Gasteiger partial charge in [-0.15, -0.1) is 0 Å². The maximum atomic E-state index is 12.0. The molecular weight excluding hydrogens is 366 g/mol. The summed E-state index contributed by atoms with van der Waals surface area (Å²) in [5.74, 6) is -0.615. The third-order valence-electron chi connectivity index (χ3n) is 3.04. The van der Waals surface area contributed by atoms with Crippen molar-refractivity contribution in [2.24, 2.45) is 0 Å². The number of carboxylic acids is 1. The average Bonchev–Trinajstić information content (AvgIpc) is 2.96. The molecule has 7 heteroatoms. The maximum Gasteiger partial charge on any atom is 0.339 e. The normalized spacial score (nSPS) is 10.3. The van der Waals surface area contributed by atoms with E-state index in [1.165, 1.54) is 6.07 Å². The third kappa shape index (κ3) is 4.59. The molecule has 1 aromatic heterocycles. The highest BCUT2D eigenvalue weighted by Crippen LogP contribution is 2.18. The van der Waals surface area contributed by atoms with Gasteiger partial charge >= 0.3 is 5.97 Å². The molecule has 2 rings (SSSR count). The lowest BCUT2D eigenvalue weighted by atomic mass is 10.2. The van der Waals surface area contributed by atoms with E-state index >= 15 is 0 Å². The Morgan fingerprint density at radius 1 is 1.35 bits per heavy atom. The van der Waals surface area contributed by atoms with Crippen molar-refractivity contribution < 1.29 is 23.8 Å². The molecule has 2 N–H and O–H groups in total. The van der Waals surface area contributed by atoms with Crippen LogP contribution in [0.3, 0.4) is 0 Å². The Kier molecular flexibility index (Phi) is 5.81. The Morgan fingerprint density at radius 2 is 2.13 bits per heavy atom. The quantitative estimate of drug-likeness (QED) is 0.719. The van der Waals surface area contributed by atoms with Crippen molar-refractivity contribution in [2.45, 2.75) is 13.3 Å². The summed E-state index contributed by atoms with van der Waals surface area (Å²) in [6.07, 6.45) is 0.404. The van der Waals surface area contributed by atoms with E-state index < -0.39 is 11.9 Å². The summed E-state index contributed by atoms with van der Waals surface area (Å²) in [5, 5.41) is 11.7. The minimum atomic E-state index is -1.11. The van der Waals surface area contributed by atoms with Gasteiger partial charge in [0.2, 0.25) is 0 Å². The fourth-order valence-corrected chi connectivity index (χ4v) is 2.34. The molecule has 0 fully saturated rings. The molecule has 0 saturated carbocycles. The molecule has 0 radical (unpaired) electrons. The Balaban J connectivity index is 1.86. The van der Waals surface area contributed by atoms with Crippen molar-refractivity contribution in [2.75, 3.05) is 13.2 Å². The predicted molar refractivity (Wildman–Crippen MR) is 87.0 cm³/mol.